The Hall–Kier alpha value is -2.20. The third kappa shape index (κ3) is 4.69. The normalized spacial score (nSPS) is 15.2. The van der Waals surface area contributed by atoms with Crippen LogP contribution in [0.1, 0.15) is 26.4 Å². The van der Waals surface area contributed by atoms with Crippen LogP contribution in [0.3, 0.4) is 0 Å². The van der Waals surface area contributed by atoms with Gasteiger partial charge in [0.05, 0.1) is 4.88 Å². The summed E-state index contributed by atoms with van der Waals surface area (Å²) in [5.41, 5.74) is 3.12. The highest BCUT2D eigenvalue weighted by Gasteiger charge is 2.31. The van der Waals surface area contributed by atoms with E-state index in [0.717, 1.165) is 22.4 Å². The number of amides is 1. The maximum absolute atomic E-state index is 12.9. The van der Waals surface area contributed by atoms with Gasteiger partial charge in [0.2, 0.25) is 0 Å². The van der Waals surface area contributed by atoms with E-state index in [9.17, 15) is 13.2 Å². The first-order valence-corrected chi connectivity index (χ1v) is 13.2. The third-order valence-corrected chi connectivity index (χ3v) is 9.51. The van der Waals surface area contributed by atoms with Crippen LogP contribution in [0.4, 0.5) is 0 Å². The summed E-state index contributed by atoms with van der Waals surface area (Å²) in [5, 5.41) is 3.70. The second-order valence-corrected chi connectivity index (χ2v) is 11.5. The van der Waals surface area contributed by atoms with Gasteiger partial charge in [0, 0.05) is 31.7 Å². The fourth-order valence-corrected chi connectivity index (χ4v) is 7.00. The van der Waals surface area contributed by atoms with Gasteiger partial charge in [-0.3, -0.25) is 4.79 Å². The van der Waals surface area contributed by atoms with Gasteiger partial charge in [-0.05, 0) is 47.9 Å². The molecular formula is C22H24N2O4S3. The van der Waals surface area contributed by atoms with Gasteiger partial charge in [0.1, 0.15) is 16.6 Å². The maximum atomic E-state index is 12.9. The van der Waals surface area contributed by atoms with E-state index in [1.807, 2.05) is 43.5 Å². The molecule has 1 amide bonds. The van der Waals surface area contributed by atoms with Crippen molar-refractivity contribution in [3.8, 4) is 5.75 Å². The fraction of sp³-hybridized carbons (Fsp3) is 0.318. The lowest BCUT2D eigenvalue weighted by atomic mass is 10.1. The number of thiophene rings is 2. The molecule has 1 aliphatic heterocycles. The number of para-hydroxylation sites is 1. The lowest BCUT2D eigenvalue weighted by Gasteiger charge is -2.33. The molecule has 0 atom stereocenters. The molecule has 0 unspecified atom stereocenters. The van der Waals surface area contributed by atoms with E-state index in [-0.39, 0.29) is 5.91 Å². The molecular weight excluding hydrogens is 452 g/mol. The van der Waals surface area contributed by atoms with Crippen LogP contribution < -0.4 is 4.74 Å². The van der Waals surface area contributed by atoms with Gasteiger partial charge in [-0.15, -0.1) is 22.7 Å². The van der Waals surface area contributed by atoms with Crippen molar-refractivity contribution < 1.29 is 17.9 Å². The molecule has 0 spiro atoms. The van der Waals surface area contributed by atoms with Gasteiger partial charge in [-0.1, -0.05) is 24.3 Å². The lowest BCUT2D eigenvalue weighted by molar-refractivity contribution is 0.0703. The highest BCUT2D eigenvalue weighted by molar-refractivity contribution is 7.91. The van der Waals surface area contributed by atoms with Crippen LogP contribution in [-0.4, -0.2) is 49.7 Å². The van der Waals surface area contributed by atoms with E-state index in [2.05, 4.69) is 0 Å². The molecule has 2 aromatic heterocycles. The lowest BCUT2D eigenvalue weighted by Crippen LogP contribution is -2.50. The van der Waals surface area contributed by atoms with Gasteiger partial charge in [0.15, 0.2) is 0 Å². The SMILES string of the molecule is Cc1cccc(C)c1OCc1csc(C(=O)N2CCN(S(=O)(=O)c3cccs3)CC2)c1. The molecule has 0 aliphatic carbocycles. The Morgan fingerprint density at radius 2 is 1.74 bits per heavy atom. The topological polar surface area (TPSA) is 66.9 Å². The Balaban J connectivity index is 1.35. The van der Waals surface area contributed by atoms with Crippen LogP contribution in [0.15, 0.2) is 51.4 Å². The summed E-state index contributed by atoms with van der Waals surface area (Å²) in [4.78, 5) is 15.3. The summed E-state index contributed by atoms with van der Waals surface area (Å²) < 4.78 is 33.1. The van der Waals surface area contributed by atoms with Crippen LogP contribution >= 0.6 is 22.7 Å². The first-order valence-electron chi connectivity index (χ1n) is 9.95. The molecule has 3 aromatic rings. The molecule has 1 aliphatic rings. The van der Waals surface area contributed by atoms with Crippen molar-refractivity contribution in [3.05, 3.63) is 68.7 Å². The smallest absolute Gasteiger partial charge is 0.264 e. The third-order valence-electron chi connectivity index (χ3n) is 5.27. The van der Waals surface area contributed by atoms with Crippen molar-refractivity contribution in [2.45, 2.75) is 24.7 Å². The van der Waals surface area contributed by atoms with Gasteiger partial charge < -0.3 is 9.64 Å². The number of hydrogen-bond donors (Lipinski definition) is 0. The zero-order valence-electron chi connectivity index (χ0n) is 17.4. The largest absolute Gasteiger partial charge is 0.488 e. The summed E-state index contributed by atoms with van der Waals surface area (Å²) in [6.45, 7) is 5.82. The summed E-state index contributed by atoms with van der Waals surface area (Å²) in [6.07, 6.45) is 0. The van der Waals surface area contributed by atoms with Gasteiger partial charge in [-0.2, -0.15) is 4.31 Å². The van der Waals surface area contributed by atoms with E-state index in [1.165, 1.54) is 27.0 Å². The number of sulfonamides is 1. The first kappa shape index (κ1) is 22.0. The second-order valence-electron chi connectivity index (χ2n) is 7.46. The molecule has 3 heterocycles. The van der Waals surface area contributed by atoms with E-state index in [0.29, 0.717) is 41.9 Å². The summed E-state index contributed by atoms with van der Waals surface area (Å²) in [5.74, 6) is 0.821. The minimum atomic E-state index is -3.47. The average molecular weight is 477 g/mol. The van der Waals surface area contributed by atoms with Gasteiger partial charge in [0.25, 0.3) is 15.9 Å². The zero-order chi connectivity index (χ0) is 22.0. The van der Waals surface area contributed by atoms with Crippen LogP contribution in [0.25, 0.3) is 0 Å². The van der Waals surface area contributed by atoms with Crippen molar-refractivity contribution in [1.82, 2.24) is 9.21 Å². The molecule has 0 bridgehead atoms. The molecule has 4 rings (SSSR count). The van der Waals surface area contributed by atoms with Crippen LogP contribution in [0.2, 0.25) is 0 Å². The minimum Gasteiger partial charge on any atom is -0.488 e. The highest BCUT2D eigenvalue weighted by Crippen LogP contribution is 2.26. The monoisotopic (exact) mass is 476 g/mol. The van der Waals surface area contributed by atoms with E-state index >= 15 is 0 Å². The Morgan fingerprint density at radius 1 is 1.03 bits per heavy atom. The Morgan fingerprint density at radius 3 is 2.39 bits per heavy atom. The fourth-order valence-electron chi connectivity index (χ4n) is 3.57. The number of ether oxygens (including phenoxy) is 1. The number of aryl methyl sites for hydroxylation is 2. The van der Waals surface area contributed by atoms with E-state index in [1.54, 1.807) is 22.4 Å². The molecule has 0 radical (unpaired) electrons. The number of carbonyl (C=O) groups is 1. The number of nitrogens with zero attached hydrogens (tertiary/aromatic N) is 2. The minimum absolute atomic E-state index is 0.0588. The van der Waals surface area contributed by atoms with Crippen molar-refractivity contribution in [2.75, 3.05) is 26.2 Å². The maximum Gasteiger partial charge on any atom is 0.264 e. The van der Waals surface area contributed by atoms with Gasteiger partial charge >= 0.3 is 0 Å². The predicted molar refractivity (Wildman–Crippen MR) is 124 cm³/mol. The molecule has 1 fully saturated rings. The Labute approximate surface area is 190 Å². The van der Waals surface area contributed by atoms with Crippen molar-refractivity contribution in [3.63, 3.8) is 0 Å². The molecule has 1 aromatic carbocycles. The number of hydrogen-bond acceptors (Lipinski definition) is 6. The highest BCUT2D eigenvalue weighted by atomic mass is 32.2. The second kappa shape index (κ2) is 9.12. The van der Waals surface area contributed by atoms with Crippen molar-refractivity contribution >= 4 is 38.6 Å². The summed E-state index contributed by atoms with van der Waals surface area (Å²) >= 11 is 2.61. The molecule has 6 nitrogen and oxygen atoms in total. The van der Waals surface area contributed by atoms with Crippen LogP contribution in [0.5, 0.6) is 5.75 Å². The summed E-state index contributed by atoms with van der Waals surface area (Å²) in [6, 6.07) is 11.3. The number of carbonyl (C=O) groups excluding carboxylic acids is 1. The molecule has 164 valence electrons. The van der Waals surface area contributed by atoms with Crippen molar-refractivity contribution in [1.29, 1.82) is 0 Å². The number of benzene rings is 1. The number of piperazine rings is 1. The molecule has 31 heavy (non-hydrogen) atoms. The predicted octanol–water partition coefficient (Wildman–Crippen LogP) is 4.15. The summed E-state index contributed by atoms with van der Waals surface area (Å²) in [7, 11) is -3.47. The Bertz CT molecular complexity index is 1140. The molecule has 0 N–H and O–H groups in total. The molecule has 0 saturated carbocycles. The number of rotatable bonds is 6. The Kier molecular flexibility index (Phi) is 6.47. The van der Waals surface area contributed by atoms with Crippen LogP contribution in [-0.2, 0) is 16.6 Å². The van der Waals surface area contributed by atoms with Gasteiger partial charge in [-0.25, -0.2) is 8.42 Å². The first-order chi connectivity index (χ1) is 14.9. The van der Waals surface area contributed by atoms with E-state index in [4.69, 9.17) is 4.74 Å². The standard InChI is InChI=1S/C22H24N2O4S3/c1-16-5-3-6-17(2)21(16)28-14-18-13-19(30-15-18)22(25)23-8-10-24(11-9-23)31(26,27)20-7-4-12-29-20/h3-7,12-13,15H,8-11,14H2,1-2H3. The van der Waals surface area contributed by atoms with E-state index < -0.39 is 10.0 Å². The average Bonchev–Trinajstić information content (AvgIpc) is 3.46. The zero-order valence-corrected chi connectivity index (χ0v) is 19.9. The molecule has 9 heteroatoms. The van der Waals surface area contributed by atoms with Crippen molar-refractivity contribution in [2.24, 2.45) is 0 Å². The quantitative estimate of drug-likeness (QED) is 0.536. The van der Waals surface area contributed by atoms with Crippen LogP contribution in [0, 0.1) is 13.8 Å². The molecule has 1 saturated heterocycles.